The number of nitrogens with zero attached hydrogens (tertiary/aromatic N) is 2. The van der Waals surface area contributed by atoms with E-state index >= 15 is 0 Å². The van der Waals surface area contributed by atoms with E-state index in [9.17, 15) is 0 Å². The van der Waals surface area contributed by atoms with E-state index in [0.717, 1.165) is 5.82 Å². The first-order valence-electron chi connectivity index (χ1n) is 5.05. The van der Waals surface area contributed by atoms with Crippen LogP contribution in [0, 0.1) is 6.92 Å². The second-order valence-corrected chi connectivity index (χ2v) is 3.91. The van der Waals surface area contributed by atoms with Crippen LogP contribution in [0.25, 0.3) is 6.08 Å². The van der Waals surface area contributed by atoms with Crippen LogP contribution in [0.3, 0.4) is 0 Å². The standard InChI is InChI=1S/C12H16N2/c1-4-11-9(2)7-8-13-12(11)14(3)10-5-6-10/h4,7-8,10H,1,5-6H2,2-3H3. The summed E-state index contributed by atoms with van der Waals surface area (Å²) in [6.45, 7) is 5.95. The second kappa shape index (κ2) is 3.45. The van der Waals surface area contributed by atoms with E-state index < -0.39 is 0 Å². The highest BCUT2D eigenvalue weighted by molar-refractivity contribution is 5.66. The van der Waals surface area contributed by atoms with Gasteiger partial charge in [-0.15, -0.1) is 0 Å². The van der Waals surface area contributed by atoms with Gasteiger partial charge < -0.3 is 4.90 Å². The Morgan fingerprint density at radius 1 is 1.57 bits per heavy atom. The fraction of sp³-hybridized carbons (Fsp3) is 0.417. The first-order valence-corrected chi connectivity index (χ1v) is 5.05. The molecule has 0 saturated heterocycles. The van der Waals surface area contributed by atoms with Crippen LogP contribution in [0.15, 0.2) is 18.8 Å². The third-order valence-electron chi connectivity index (χ3n) is 2.82. The quantitative estimate of drug-likeness (QED) is 0.725. The summed E-state index contributed by atoms with van der Waals surface area (Å²) in [7, 11) is 2.12. The average molecular weight is 188 g/mol. The fourth-order valence-electron chi connectivity index (χ4n) is 1.72. The van der Waals surface area contributed by atoms with Gasteiger partial charge in [0.15, 0.2) is 0 Å². The summed E-state index contributed by atoms with van der Waals surface area (Å²) in [5, 5.41) is 0. The zero-order valence-corrected chi connectivity index (χ0v) is 8.83. The minimum atomic E-state index is 0.697. The molecule has 0 N–H and O–H groups in total. The summed E-state index contributed by atoms with van der Waals surface area (Å²) in [5.74, 6) is 1.07. The van der Waals surface area contributed by atoms with E-state index in [1.165, 1.54) is 24.0 Å². The predicted octanol–water partition coefficient (Wildman–Crippen LogP) is 2.63. The molecule has 0 aromatic carbocycles. The van der Waals surface area contributed by atoms with Gasteiger partial charge in [-0.2, -0.15) is 0 Å². The Morgan fingerprint density at radius 2 is 2.29 bits per heavy atom. The van der Waals surface area contributed by atoms with Gasteiger partial charge in [0, 0.05) is 24.8 Å². The van der Waals surface area contributed by atoms with Gasteiger partial charge in [0.2, 0.25) is 0 Å². The molecule has 1 fully saturated rings. The monoisotopic (exact) mass is 188 g/mol. The van der Waals surface area contributed by atoms with Crippen molar-refractivity contribution in [3.8, 4) is 0 Å². The SMILES string of the molecule is C=Cc1c(C)ccnc1N(C)C1CC1. The van der Waals surface area contributed by atoms with Gasteiger partial charge >= 0.3 is 0 Å². The molecule has 1 aliphatic rings. The molecule has 1 aromatic heterocycles. The van der Waals surface area contributed by atoms with Crippen molar-refractivity contribution >= 4 is 11.9 Å². The lowest BCUT2D eigenvalue weighted by atomic mass is 10.1. The van der Waals surface area contributed by atoms with E-state index in [2.05, 4.69) is 30.4 Å². The molecule has 0 bridgehead atoms. The minimum absolute atomic E-state index is 0.697. The molecule has 0 unspecified atom stereocenters. The summed E-state index contributed by atoms with van der Waals surface area (Å²) in [5.41, 5.74) is 2.42. The lowest BCUT2D eigenvalue weighted by Gasteiger charge is -2.20. The van der Waals surface area contributed by atoms with E-state index in [4.69, 9.17) is 0 Å². The lowest BCUT2D eigenvalue weighted by molar-refractivity contribution is 0.888. The van der Waals surface area contributed by atoms with Crippen LogP contribution in [0.5, 0.6) is 0 Å². The highest BCUT2D eigenvalue weighted by atomic mass is 15.2. The Kier molecular flexibility index (Phi) is 2.28. The van der Waals surface area contributed by atoms with Crippen LogP contribution in [0.1, 0.15) is 24.0 Å². The summed E-state index contributed by atoms with van der Waals surface area (Å²) in [6, 6.07) is 2.73. The molecule has 0 radical (unpaired) electrons. The van der Waals surface area contributed by atoms with Crippen LogP contribution in [-0.4, -0.2) is 18.1 Å². The summed E-state index contributed by atoms with van der Waals surface area (Å²) < 4.78 is 0. The van der Waals surface area contributed by atoms with Crippen molar-refractivity contribution in [3.63, 3.8) is 0 Å². The molecule has 1 aliphatic carbocycles. The number of aromatic nitrogens is 1. The molecule has 74 valence electrons. The number of rotatable bonds is 3. The molecule has 2 rings (SSSR count). The first-order chi connectivity index (χ1) is 6.74. The highest BCUT2D eigenvalue weighted by Gasteiger charge is 2.28. The van der Waals surface area contributed by atoms with Crippen molar-refractivity contribution in [1.29, 1.82) is 0 Å². The molecule has 0 spiro atoms. The number of pyridine rings is 1. The molecular weight excluding hydrogens is 172 g/mol. The minimum Gasteiger partial charge on any atom is -0.356 e. The van der Waals surface area contributed by atoms with Crippen LogP contribution < -0.4 is 4.90 Å². The largest absolute Gasteiger partial charge is 0.356 e. The maximum Gasteiger partial charge on any atom is 0.136 e. The maximum absolute atomic E-state index is 4.43. The molecule has 0 amide bonds. The van der Waals surface area contributed by atoms with Crippen molar-refractivity contribution in [3.05, 3.63) is 30.0 Å². The fourth-order valence-corrected chi connectivity index (χ4v) is 1.72. The number of aryl methyl sites for hydroxylation is 1. The molecule has 0 atom stereocenters. The molecular formula is C12H16N2. The van der Waals surface area contributed by atoms with Crippen LogP contribution in [0.4, 0.5) is 5.82 Å². The zero-order chi connectivity index (χ0) is 10.1. The Bertz CT molecular complexity index is 353. The van der Waals surface area contributed by atoms with E-state index in [1.807, 2.05) is 18.3 Å². The Morgan fingerprint density at radius 3 is 2.86 bits per heavy atom. The highest BCUT2D eigenvalue weighted by Crippen LogP contribution is 2.31. The molecule has 0 aliphatic heterocycles. The smallest absolute Gasteiger partial charge is 0.136 e. The third kappa shape index (κ3) is 1.52. The Hall–Kier alpha value is -1.31. The van der Waals surface area contributed by atoms with Crippen molar-refractivity contribution in [2.45, 2.75) is 25.8 Å². The molecule has 1 saturated carbocycles. The van der Waals surface area contributed by atoms with Gasteiger partial charge in [-0.25, -0.2) is 4.98 Å². The molecule has 2 nitrogen and oxygen atoms in total. The van der Waals surface area contributed by atoms with E-state index in [0.29, 0.717) is 6.04 Å². The van der Waals surface area contributed by atoms with Gasteiger partial charge in [0.05, 0.1) is 0 Å². The summed E-state index contributed by atoms with van der Waals surface area (Å²) in [4.78, 5) is 6.69. The van der Waals surface area contributed by atoms with Gasteiger partial charge in [-0.3, -0.25) is 0 Å². The number of anilines is 1. The average Bonchev–Trinajstić information content (AvgIpc) is 2.99. The topological polar surface area (TPSA) is 16.1 Å². The lowest BCUT2D eigenvalue weighted by Crippen LogP contribution is -2.21. The van der Waals surface area contributed by atoms with Crippen molar-refractivity contribution in [2.75, 3.05) is 11.9 Å². The summed E-state index contributed by atoms with van der Waals surface area (Å²) >= 11 is 0. The molecule has 1 aromatic rings. The van der Waals surface area contributed by atoms with Gasteiger partial charge in [-0.1, -0.05) is 12.7 Å². The Labute approximate surface area is 85.3 Å². The van der Waals surface area contributed by atoms with Crippen LogP contribution in [-0.2, 0) is 0 Å². The van der Waals surface area contributed by atoms with Gasteiger partial charge in [-0.05, 0) is 31.4 Å². The molecule has 2 heteroatoms. The van der Waals surface area contributed by atoms with E-state index in [1.54, 1.807) is 0 Å². The van der Waals surface area contributed by atoms with Crippen molar-refractivity contribution < 1.29 is 0 Å². The van der Waals surface area contributed by atoms with Crippen molar-refractivity contribution in [1.82, 2.24) is 4.98 Å². The summed E-state index contributed by atoms with van der Waals surface area (Å²) in [6.07, 6.45) is 6.36. The number of hydrogen-bond donors (Lipinski definition) is 0. The Balaban J connectivity index is 2.39. The van der Waals surface area contributed by atoms with Gasteiger partial charge in [0.1, 0.15) is 5.82 Å². The van der Waals surface area contributed by atoms with Crippen molar-refractivity contribution in [2.24, 2.45) is 0 Å². The van der Waals surface area contributed by atoms with E-state index in [-0.39, 0.29) is 0 Å². The second-order valence-electron chi connectivity index (χ2n) is 3.91. The maximum atomic E-state index is 4.43. The molecule has 14 heavy (non-hydrogen) atoms. The first kappa shape index (κ1) is 9.25. The normalized spacial score (nSPS) is 15.3. The van der Waals surface area contributed by atoms with Crippen LogP contribution >= 0.6 is 0 Å². The van der Waals surface area contributed by atoms with Crippen LogP contribution in [0.2, 0.25) is 0 Å². The third-order valence-corrected chi connectivity index (χ3v) is 2.82. The zero-order valence-electron chi connectivity index (χ0n) is 8.83. The number of hydrogen-bond acceptors (Lipinski definition) is 2. The molecule has 1 heterocycles. The predicted molar refractivity (Wildman–Crippen MR) is 60.5 cm³/mol. The van der Waals surface area contributed by atoms with Gasteiger partial charge in [0.25, 0.3) is 0 Å².